The first kappa shape index (κ1) is 33.4. The van der Waals surface area contributed by atoms with E-state index < -0.39 is 9.73 Å². The second-order valence-corrected chi connectivity index (χ2v) is 15.9. The Morgan fingerprint density at radius 3 is 1.89 bits per heavy atom. The number of fused-ring (bicyclic) bond motifs is 4. The van der Waals surface area contributed by atoms with E-state index in [0.717, 1.165) is 55.2 Å². The van der Waals surface area contributed by atoms with E-state index in [0.29, 0.717) is 45.2 Å². The van der Waals surface area contributed by atoms with Crippen LogP contribution in [0.2, 0.25) is 0 Å². The minimum atomic E-state index is -3.03. The van der Waals surface area contributed by atoms with Gasteiger partial charge in [-0.2, -0.15) is 4.36 Å². The van der Waals surface area contributed by atoms with Crippen molar-refractivity contribution in [1.29, 1.82) is 0 Å². The molecule has 0 fully saturated rings. The molecule has 10 rings (SSSR count). The lowest BCUT2D eigenvalue weighted by molar-refractivity contribution is 0.676. The van der Waals surface area contributed by atoms with Crippen LogP contribution in [0, 0.1) is 0 Å². The molecule has 1 atom stereocenters. The topological polar surface area (TPSA) is 99.0 Å². The molecule has 0 saturated heterocycles. The molecular weight excluding hydrogens is 709 g/mol. The van der Waals surface area contributed by atoms with Gasteiger partial charge in [-0.15, -0.1) is 0 Å². The summed E-state index contributed by atoms with van der Waals surface area (Å²) in [6.07, 6.45) is 2.47. The summed E-state index contributed by atoms with van der Waals surface area (Å²) in [6.45, 7) is 0. The summed E-state index contributed by atoms with van der Waals surface area (Å²) in [5.74, 6) is 2.46. The van der Waals surface area contributed by atoms with Crippen LogP contribution < -0.4 is 5.73 Å². The molecule has 2 N–H and O–H groups in total. The Labute approximate surface area is 324 Å². The number of nitrogens with two attached hydrogens (primary N) is 1. The van der Waals surface area contributed by atoms with Crippen molar-refractivity contribution in [2.45, 2.75) is 16.2 Å². The van der Waals surface area contributed by atoms with Crippen LogP contribution >= 0.6 is 0 Å². The Morgan fingerprint density at radius 2 is 1.16 bits per heavy atom. The molecule has 3 heterocycles. The zero-order chi connectivity index (χ0) is 37.6. The third kappa shape index (κ3) is 5.66. The summed E-state index contributed by atoms with van der Waals surface area (Å²) >= 11 is 0. The molecule has 0 saturated carbocycles. The fraction of sp³-hybridized carbons (Fsp3) is 0.0208. The van der Waals surface area contributed by atoms with Gasteiger partial charge in [0.05, 0.1) is 26.5 Å². The largest absolute Gasteiger partial charge is 0.397 e. The Kier molecular flexibility index (Phi) is 8.12. The number of hydrogen-bond donors (Lipinski definition) is 1. The first-order valence-electron chi connectivity index (χ1n) is 18.4. The molecule has 1 aliphatic heterocycles. The van der Waals surface area contributed by atoms with Crippen LogP contribution in [0.4, 0.5) is 5.69 Å². The standard InChI is InChI=1S/C48H34N6OS/c49-45-39(37-24-12-10-20-34(37)30-43-50-47(32-16-4-1-5-17-32)52-48(51-43)33-18-6-2-7-19-33)28-29-40-38-25-13-14-26-41(38)54(46(40)45)44-31-35-21-11-15-27-42(35)56(55,53-44)36-22-8-3-9-23-36/h1-29,31H,30,49H2. The minimum Gasteiger partial charge on any atom is -0.397 e. The van der Waals surface area contributed by atoms with Gasteiger partial charge in [-0.3, -0.25) is 4.57 Å². The van der Waals surface area contributed by atoms with Crippen LogP contribution in [-0.2, 0) is 16.1 Å². The van der Waals surface area contributed by atoms with Crippen molar-refractivity contribution in [3.63, 3.8) is 0 Å². The van der Waals surface area contributed by atoms with Crippen molar-refractivity contribution in [2.24, 2.45) is 4.36 Å². The molecule has 9 aromatic rings. The first-order chi connectivity index (χ1) is 27.5. The zero-order valence-electron chi connectivity index (χ0n) is 30.2. The molecule has 268 valence electrons. The van der Waals surface area contributed by atoms with Crippen molar-refractivity contribution >= 4 is 49.1 Å². The van der Waals surface area contributed by atoms with E-state index in [1.807, 2.05) is 146 Å². The lowest BCUT2D eigenvalue weighted by Gasteiger charge is -2.21. The maximum Gasteiger partial charge on any atom is 0.163 e. The number of rotatable bonds is 7. The van der Waals surface area contributed by atoms with E-state index in [4.69, 9.17) is 25.0 Å². The maximum absolute atomic E-state index is 15.2. The molecule has 0 aliphatic carbocycles. The minimum absolute atomic E-state index is 0.454. The highest BCUT2D eigenvalue weighted by Gasteiger charge is 2.27. The summed E-state index contributed by atoms with van der Waals surface area (Å²) in [6, 6.07) is 58.0. The lowest BCUT2D eigenvalue weighted by atomic mass is 9.95. The SMILES string of the molecule is Nc1c(-c2ccccc2Cc2nc(-c3ccccc3)nc(-c3ccccc3)n2)ccc2c3ccccc3n(C3=Cc4ccccc4S(=O)(c4ccccc4)=N3)c12. The molecule has 0 bridgehead atoms. The molecule has 56 heavy (non-hydrogen) atoms. The summed E-state index contributed by atoms with van der Waals surface area (Å²) in [4.78, 5) is 16.2. The quantitative estimate of drug-likeness (QED) is 0.164. The van der Waals surface area contributed by atoms with Gasteiger partial charge in [0.15, 0.2) is 11.6 Å². The second-order valence-electron chi connectivity index (χ2n) is 13.7. The molecule has 1 unspecified atom stereocenters. The predicted molar refractivity (Wildman–Crippen MR) is 227 cm³/mol. The first-order valence-corrected chi connectivity index (χ1v) is 20.0. The fourth-order valence-corrected chi connectivity index (χ4v) is 9.77. The van der Waals surface area contributed by atoms with Crippen molar-refractivity contribution in [1.82, 2.24) is 19.5 Å². The number of para-hydroxylation sites is 1. The number of aromatic nitrogens is 4. The summed E-state index contributed by atoms with van der Waals surface area (Å²) in [5, 5.41) is 2.01. The van der Waals surface area contributed by atoms with Gasteiger partial charge >= 0.3 is 0 Å². The number of anilines is 1. The number of benzene rings is 7. The fourth-order valence-electron chi connectivity index (χ4n) is 7.68. The average Bonchev–Trinajstić information content (AvgIpc) is 3.60. The maximum atomic E-state index is 15.2. The van der Waals surface area contributed by atoms with Crippen LogP contribution in [0.15, 0.2) is 190 Å². The number of nitrogen functional groups attached to an aromatic ring is 1. The molecule has 7 nitrogen and oxygen atoms in total. The molecule has 7 aromatic carbocycles. The van der Waals surface area contributed by atoms with E-state index in [1.165, 1.54) is 0 Å². The molecule has 1 aliphatic rings. The Bertz CT molecular complexity index is 3050. The van der Waals surface area contributed by atoms with Crippen LogP contribution in [0.1, 0.15) is 17.0 Å². The van der Waals surface area contributed by atoms with Gasteiger partial charge in [0.2, 0.25) is 0 Å². The highest BCUT2D eigenvalue weighted by atomic mass is 32.2. The summed E-state index contributed by atoms with van der Waals surface area (Å²) < 4.78 is 22.4. The van der Waals surface area contributed by atoms with Gasteiger partial charge in [0, 0.05) is 33.9 Å². The highest BCUT2D eigenvalue weighted by Crippen LogP contribution is 2.43. The Morgan fingerprint density at radius 1 is 0.554 bits per heavy atom. The third-order valence-corrected chi connectivity index (χ3v) is 12.6. The normalized spacial score (nSPS) is 15.0. The van der Waals surface area contributed by atoms with Gasteiger partial charge in [-0.05, 0) is 47.0 Å². The van der Waals surface area contributed by atoms with Gasteiger partial charge in [0.1, 0.15) is 21.4 Å². The lowest BCUT2D eigenvalue weighted by Crippen LogP contribution is -2.10. The molecule has 0 amide bonds. The average molecular weight is 743 g/mol. The van der Waals surface area contributed by atoms with E-state index >= 15 is 4.21 Å². The van der Waals surface area contributed by atoms with Crippen LogP contribution in [0.3, 0.4) is 0 Å². The predicted octanol–water partition coefficient (Wildman–Crippen LogP) is 11.0. The van der Waals surface area contributed by atoms with Crippen LogP contribution in [-0.4, -0.2) is 23.7 Å². The summed E-state index contributed by atoms with van der Waals surface area (Å²) in [5.41, 5.74) is 15.3. The van der Waals surface area contributed by atoms with Crippen molar-refractivity contribution in [3.05, 3.63) is 193 Å². The Hall–Kier alpha value is -7.16. The van der Waals surface area contributed by atoms with Gasteiger partial charge in [-0.1, -0.05) is 152 Å². The second kappa shape index (κ2) is 13.6. The van der Waals surface area contributed by atoms with E-state index in [9.17, 15) is 0 Å². The monoisotopic (exact) mass is 742 g/mol. The van der Waals surface area contributed by atoms with E-state index in [2.05, 4.69) is 41.0 Å². The van der Waals surface area contributed by atoms with Gasteiger partial charge in [-0.25, -0.2) is 19.2 Å². The molecule has 2 aromatic heterocycles. The van der Waals surface area contributed by atoms with Crippen LogP contribution in [0.25, 0.3) is 67.6 Å². The molecule has 8 heteroatoms. The number of hydrogen-bond acceptors (Lipinski definition) is 6. The highest BCUT2D eigenvalue weighted by molar-refractivity contribution is 7.94. The number of nitrogens with zero attached hydrogens (tertiary/aromatic N) is 5. The smallest absolute Gasteiger partial charge is 0.163 e. The van der Waals surface area contributed by atoms with Gasteiger partial charge in [0.25, 0.3) is 0 Å². The Balaban J connectivity index is 1.15. The van der Waals surface area contributed by atoms with E-state index in [1.54, 1.807) is 0 Å². The van der Waals surface area contributed by atoms with Crippen molar-refractivity contribution in [3.8, 4) is 33.9 Å². The molecular formula is C48H34N6OS. The van der Waals surface area contributed by atoms with Crippen molar-refractivity contribution in [2.75, 3.05) is 5.73 Å². The zero-order valence-corrected chi connectivity index (χ0v) is 31.0. The molecule has 0 spiro atoms. The van der Waals surface area contributed by atoms with Crippen molar-refractivity contribution < 1.29 is 4.21 Å². The molecule has 0 radical (unpaired) electrons. The van der Waals surface area contributed by atoms with Gasteiger partial charge < -0.3 is 5.73 Å². The van der Waals surface area contributed by atoms with Crippen LogP contribution in [0.5, 0.6) is 0 Å². The summed E-state index contributed by atoms with van der Waals surface area (Å²) in [7, 11) is -3.03. The van der Waals surface area contributed by atoms with E-state index in [-0.39, 0.29) is 0 Å². The third-order valence-electron chi connectivity index (χ3n) is 10.3.